The van der Waals surface area contributed by atoms with Gasteiger partial charge in [-0.15, -0.1) is 0 Å². The highest BCUT2D eigenvalue weighted by Crippen LogP contribution is 2.22. The lowest BCUT2D eigenvalue weighted by Crippen LogP contribution is -2.02. The van der Waals surface area contributed by atoms with Crippen LogP contribution in [0.3, 0.4) is 0 Å². The van der Waals surface area contributed by atoms with Crippen LogP contribution in [0, 0.1) is 0 Å². The van der Waals surface area contributed by atoms with Crippen molar-refractivity contribution in [2.24, 2.45) is 7.05 Å². The van der Waals surface area contributed by atoms with E-state index in [1.165, 1.54) is 6.07 Å². The maximum Gasteiger partial charge on any atom is 0.264 e. The number of benzene rings is 1. The Kier molecular flexibility index (Phi) is 1.77. The molecule has 0 bridgehead atoms. The number of fused-ring (bicyclic) bond motifs is 1. The summed E-state index contributed by atoms with van der Waals surface area (Å²) in [6.07, 6.45) is 3.74. The topological polar surface area (TPSA) is 42.7 Å². The molecule has 0 amide bonds. The van der Waals surface area contributed by atoms with Crippen molar-refractivity contribution in [2.45, 2.75) is 0 Å². The Labute approximate surface area is 91.7 Å². The molecule has 3 rings (SSSR count). The van der Waals surface area contributed by atoms with Crippen LogP contribution >= 0.6 is 0 Å². The van der Waals surface area contributed by atoms with E-state index < -0.39 is 0 Å². The van der Waals surface area contributed by atoms with Crippen LogP contribution in [0.4, 0.5) is 0 Å². The smallest absolute Gasteiger partial charge is 0.264 e. The van der Waals surface area contributed by atoms with E-state index >= 15 is 0 Å². The molecule has 0 unspecified atom stereocenters. The summed E-state index contributed by atoms with van der Waals surface area (Å²) in [5, 5.41) is 3.87. The first-order valence-corrected chi connectivity index (χ1v) is 5.08. The second-order valence-electron chi connectivity index (χ2n) is 3.80. The van der Waals surface area contributed by atoms with Gasteiger partial charge in [0, 0.05) is 36.4 Å². The molecule has 0 aliphatic carbocycles. The number of hydrogen-bond acceptors (Lipinski definition) is 1. The second kappa shape index (κ2) is 3.13. The highest BCUT2D eigenvalue weighted by Gasteiger charge is 2.07. The van der Waals surface area contributed by atoms with E-state index in [0.29, 0.717) is 0 Å². The second-order valence-corrected chi connectivity index (χ2v) is 3.80. The van der Waals surface area contributed by atoms with Crippen LogP contribution < -0.4 is 5.56 Å². The van der Waals surface area contributed by atoms with Crippen molar-refractivity contribution in [1.29, 1.82) is 0 Å². The average molecular weight is 213 g/mol. The molecular formula is C12H11N3O. The average Bonchev–Trinajstić information content (AvgIpc) is 2.84. The van der Waals surface area contributed by atoms with Gasteiger partial charge in [-0.1, -0.05) is 18.2 Å². The molecule has 80 valence electrons. The molecule has 0 spiro atoms. The van der Waals surface area contributed by atoms with Crippen LogP contribution in [0.5, 0.6) is 0 Å². The van der Waals surface area contributed by atoms with Crippen molar-refractivity contribution in [3.05, 3.63) is 53.1 Å². The third-order valence-electron chi connectivity index (χ3n) is 2.74. The fourth-order valence-corrected chi connectivity index (χ4v) is 1.99. The molecule has 4 heteroatoms. The highest BCUT2D eigenvalue weighted by molar-refractivity contribution is 5.88. The molecule has 0 radical (unpaired) electrons. The fourth-order valence-electron chi connectivity index (χ4n) is 1.99. The van der Waals surface area contributed by atoms with Gasteiger partial charge in [0.15, 0.2) is 0 Å². The number of aromatic nitrogens is 3. The van der Waals surface area contributed by atoms with E-state index in [4.69, 9.17) is 0 Å². The predicted molar refractivity (Wildman–Crippen MR) is 62.9 cm³/mol. The SMILES string of the molecule is Cn1cc(-n2ccc(=O)[nH]2)c2ccccc21. The molecule has 0 aliphatic heterocycles. The number of H-pyrrole nitrogens is 1. The molecule has 4 nitrogen and oxygen atoms in total. The Balaban J connectivity index is 2.36. The molecule has 0 aliphatic rings. The van der Waals surface area contributed by atoms with E-state index in [-0.39, 0.29) is 5.56 Å². The maximum atomic E-state index is 11.1. The van der Waals surface area contributed by atoms with Crippen molar-refractivity contribution in [2.75, 3.05) is 0 Å². The van der Waals surface area contributed by atoms with Crippen molar-refractivity contribution in [1.82, 2.24) is 14.3 Å². The molecule has 2 aromatic heterocycles. The first-order chi connectivity index (χ1) is 7.75. The first kappa shape index (κ1) is 9.03. The summed E-state index contributed by atoms with van der Waals surface area (Å²) < 4.78 is 3.79. The van der Waals surface area contributed by atoms with Crippen LogP contribution in [0.2, 0.25) is 0 Å². The standard InChI is InChI=1S/C12H11N3O/c1-14-8-11(15-7-6-12(16)13-15)9-4-2-3-5-10(9)14/h2-8H,1H3,(H,13,16). The van der Waals surface area contributed by atoms with Crippen molar-refractivity contribution in [3.8, 4) is 5.69 Å². The van der Waals surface area contributed by atoms with Crippen molar-refractivity contribution in [3.63, 3.8) is 0 Å². The van der Waals surface area contributed by atoms with Gasteiger partial charge in [-0.2, -0.15) is 0 Å². The summed E-state index contributed by atoms with van der Waals surface area (Å²) in [5.74, 6) is 0. The molecule has 3 aromatic rings. The lowest BCUT2D eigenvalue weighted by Gasteiger charge is -1.98. The summed E-state index contributed by atoms with van der Waals surface area (Å²) in [6.45, 7) is 0. The lowest BCUT2D eigenvalue weighted by molar-refractivity contribution is 0.857. The monoisotopic (exact) mass is 213 g/mol. The summed E-state index contributed by atoms with van der Waals surface area (Å²) in [4.78, 5) is 11.1. The van der Waals surface area contributed by atoms with Gasteiger partial charge in [-0.3, -0.25) is 14.6 Å². The highest BCUT2D eigenvalue weighted by atomic mass is 16.1. The van der Waals surface area contributed by atoms with E-state index in [2.05, 4.69) is 11.2 Å². The molecule has 0 atom stereocenters. The zero-order valence-corrected chi connectivity index (χ0v) is 8.84. The minimum atomic E-state index is -0.0899. The number of nitrogens with zero attached hydrogens (tertiary/aromatic N) is 2. The predicted octanol–water partition coefficient (Wildman–Crippen LogP) is 1.66. The Morgan fingerprint density at radius 2 is 2.00 bits per heavy atom. The molecular weight excluding hydrogens is 202 g/mol. The molecule has 1 aromatic carbocycles. The van der Waals surface area contributed by atoms with Gasteiger partial charge in [0.25, 0.3) is 5.56 Å². The van der Waals surface area contributed by atoms with Crippen LogP contribution in [0.1, 0.15) is 0 Å². The molecule has 0 saturated heterocycles. The van der Waals surface area contributed by atoms with Crippen molar-refractivity contribution >= 4 is 10.9 Å². The fraction of sp³-hybridized carbons (Fsp3) is 0.0833. The normalized spacial score (nSPS) is 11.1. The summed E-state index contributed by atoms with van der Waals surface area (Å²) in [6, 6.07) is 9.61. The van der Waals surface area contributed by atoms with Gasteiger partial charge in [-0.25, -0.2) is 0 Å². The Bertz CT molecular complexity index is 702. The third-order valence-corrected chi connectivity index (χ3v) is 2.74. The van der Waals surface area contributed by atoms with Gasteiger partial charge in [0.05, 0.1) is 5.69 Å². The van der Waals surface area contributed by atoms with Gasteiger partial charge in [-0.05, 0) is 6.07 Å². The summed E-state index contributed by atoms with van der Waals surface area (Å²) in [5.41, 5.74) is 2.04. The minimum absolute atomic E-state index is 0.0899. The summed E-state index contributed by atoms with van der Waals surface area (Å²) in [7, 11) is 1.99. The Hall–Kier alpha value is -2.23. The molecule has 1 N–H and O–H groups in total. The van der Waals surface area contributed by atoms with Crippen LogP contribution in [0.25, 0.3) is 16.6 Å². The number of aromatic amines is 1. The van der Waals surface area contributed by atoms with E-state index in [1.54, 1.807) is 10.9 Å². The van der Waals surface area contributed by atoms with E-state index in [0.717, 1.165) is 16.6 Å². The lowest BCUT2D eigenvalue weighted by atomic mass is 10.2. The van der Waals surface area contributed by atoms with Gasteiger partial charge < -0.3 is 4.57 Å². The maximum absolute atomic E-state index is 11.1. The molecule has 0 fully saturated rings. The number of nitrogens with one attached hydrogen (secondary N) is 1. The van der Waals surface area contributed by atoms with Crippen molar-refractivity contribution < 1.29 is 0 Å². The Morgan fingerprint density at radius 1 is 1.19 bits per heavy atom. The van der Waals surface area contributed by atoms with Crippen LogP contribution in [-0.4, -0.2) is 14.3 Å². The number of para-hydroxylation sites is 1. The van der Waals surface area contributed by atoms with E-state index in [1.807, 2.05) is 36.0 Å². The van der Waals surface area contributed by atoms with Gasteiger partial charge in [0.1, 0.15) is 0 Å². The van der Waals surface area contributed by atoms with Crippen LogP contribution in [0.15, 0.2) is 47.5 Å². The van der Waals surface area contributed by atoms with Crippen LogP contribution in [-0.2, 0) is 7.05 Å². The van der Waals surface area contributed by atoms with E-state index in [9.17, 15) is 4.79 Å². The number of rotatable bonds is 1. The largest absolute Gasteiger partial charge is 0.348 e. The summed E-state index contributed by atoms with van der Waals surface area (Å²) >= 11 is 0. The zero-order valence-electron chi connectivity index (χ0n) is 8.84. The number of hydrogen-bond donors (Lipinski definition) is 1. The molecule has 0 saturated carbocycles. The third kappa shape index (κ3) is 1.20. The Morgan fingerprint density at radius 3 is 2.75 bits per heavy atom. The molecule has 2 heterocycles. The molecule has 16 heavy (non-hydrogen) atoms. The minimum Gasteiger partial charge on any atom is -0.348 e. The van der Waals surface area contributed by atoms with Gasteiger partial charge >= 0.3 is 0 Å². The first-order valence-electron chi connectivity index (χ1n) is 5.08. The zero-order chi connectivity index (χ0) is 11.1. The quantitative estimate of drug-likeness (QED) is 0.656. The van der Waals surface area contributed by atoms with Gasteiger partial charge in [0.2, 0.25) is 0 Å². The number of aryl methyl sites for hydroxylation is 1.